The minimum Gasteiger partial charge on any atom is -0.481 e. The van der Waals surface area contributed by atoms with E-state index in [1.54, 1.807) is 26.2 Å². The SMILES string of the molecule is Cc1cnccc1CNC(=O)CC(C)(C)CC(=O)O. The molecule has 0 radical (unpaired) electrons. The molecule has 1 heterocycles. The molecule has 5 heteroatoms. The predicted octanol–water partition coefficient (Wildman–Crippen LogP) is 1.90. The van der Waals surface area contributed by atoms with Crippen molar-refractivity contribution in [1.29, 1.82) is 0 Å². The van der Waals surface area contributed by atoms with Gasteiger partial charge in [-0.15, -0.1) is 0 Å². The van der Waals surface area contributed by atoms with Crippen molar-refractivity contribution in [2.45, 2.75) is 40.2 Å². The van der Waals surface area contributed by atoms with Gasteiger partial charge in [-0.05, 0) is 29.5 Å². The number of nitrogens with zero attached hydrogens (tertiary/aromatic N) is 1. The highest BCUT2D eigenvalue weighted by Crippen LogP contribution is 2.24. The van der Waals surface area contributed by atoms with Crippen molar-refractivity contribution in [3.63, 3.8) is 0 Å². The Morgan fingerprint density at radius 3 is 2.63 bits per heavy atom. The Kier molecular flexibility index (Phi) is 5.03. The number of carboxylic acids is 1. The first kappa shape index (κ1) is 15.1. The van der Waals surface area contributed by atoms with Gasteiger partial charge in [0.2, 0.25) is 5.91 Å². The maximum absolute atomic E-state index is 11.8. The third-order valence-corrected chi connectivity index (χ3v) is 2.88. The minimum absolute atomic E-state index is 0.0191. The Balaban J connectivity index is 2.48. The molecular weight excluding hydrogens is 244 g/mol. The van der Waals surface area contributed by atoms with Gasteiger partial charge in [0, 0.05) is 25.4 Å². The predicted molar refractivity (Wildman–Crippen MR) is 71.5 cm³/mol. The summed E-state index contributed by atoms with van der Waals surface area (Å²) in [4.78, 5) is 26.5. The summed E-state index contributed by atoms with van der Waals surface area (Å²) < 4.78 is 0. The molecule has 0 aliphatic rings. The topological polar surface area (TPSA) is 79.3 Å². The van der Waals surface area contributed by atoms with Gasteiger partial charge in [0.15, 0.2) is 0 Å². The molecule has 0 saturated carbocycles. The van der Waals surface area contributed by atoms with Crippen LogP contribution in [-0.2, 0) is 16.1 Å². The number of aromatic nitrogens is 1. The number of aryl methyl sites for hydroxylation is 1. The van der Waals surface area contributed by atoms with Gasteiger partial charge in [-0.25, -0.2) is 0 Å². The third-order valence-electron chi connectivity index (χ3n) is 2.88. The Labute approximate surface area is 113 Å². The lowest BCUT2D eigenvalue weighted by molar-refractivity contribution is -0.139. The Bertz CT molecular complexity index is 470. The summed E-state index contributed by atoms with van der Waals surface area (Å²) >= 11 is 0. The second-order valence-electron chi connectivity index (χ2n) is 5.49. The van der Waals surface area contributed by atoms with E-state index < -0.39 is 11.4 Å². The number of nitrogens with one attached hydrogen (secondary N) is 1. The van der Waals surface area contributed by atoms with Crippen molar-refractivity contribution < 1.29 is 14.7 Å². The second kappa shape index (κ2) is 6.31. The number of carbonyl (C=O) groups is 2. The highest BCUT2D eigenvalue weighted by atomic mass is 16.4. The molecule has 0 aliphatic carbocycles. The van der Waals surface area contributed by atoms with Crippen molar-refractivity contribution in [2.24, 2.45) is 5.41 Å². The molecular formula is C14H20N2O3. The molecule has 2 N–H and O–H groups in total. The average Bonchev–Trinajstić information content (AvgIpc) is 2.25. The molecule has 0 unspecified atom stereocenters. The molecule has 0 saturated heterocycles. The highest BCUT2D eigenvalue weighted by Gasteiger charge is 2.25. The van der Waals surface area contributed by atoms with E-state index in [0.29, 0.717) is 6.54 Å². The zero-order valence-electron chi connectivity index (χ0n) is 11.6. The third kappa shape index (κ3) is 5.50. The van der Waals surface area contributed by atoms with Crippen LogP contribution in [0.15, 0.2) is 18.5 Å². The largest absolute Gasteiger partial charge is 0.481 e. The monoisotopic (exact) mass is 264 g/mol. The molecule has 0 aromatic carbocycles. The smallest absolute Gasteiger partial charge is 0.303 e. The summed E-state index contributed by atoms with van der Waals surface area (Å²) in [7, 11) is 0. The highest BCUT2D eigenvalue weighted by molar-refractivity contribution is 5.77. The van der Waals surface area contributed by atoms with E-state index in [-0.39, 0.29) is 18.7 Å². The van der Waals surface area contributed by atoms with Crippen LogP contribution in [0.4, 0.5) is 0 Å². The number of pyridine rings is 1. The van der Waals surface area contributed by atoms with Crippen LogP contribution in [0.25, 0.3) is 0 Å². The number of hydrogen-bond acceptors (Lipinski definition) is 3. The summed E-state index contributed by atoms with van der Waals surface area (Å²) in [5.41, 5.74) is 1.50. The van der Waals surface area contributed by atoms with Crippen LogP contribution in [-0.4, -0.2) is 22.0 Å². The van der Waals surface area contributed by atoms with Gasteiger partial charge in [-0.1, -0.05) is 13.8 Å². The first-order valence-electron chi connectivity index (χ1n) is 6.18. The second-order valence-corrected chi connectivity index (χ2v) is 5.49. The lowest BCUT2D eigenvalue weighted by Crippen LogP contribution is -2.30. The van der Waals surface area contributed by atoms with Crippen molar-refractivity contribution in [3.05, 3.63) is 29.6 Å². The molecule has 1 aromatic rings. The van der Waals surface area contributed by atoms with Crippen LogP contribution in [0.3, 0.4) is 0 Å². The summed E-state index contributed by atoms with van der Waals surface area (Å²) in [6, 6.07) is 1.86. The first-order valence-corrected chi connectivity index (χ1v) is 6.18. The quantitative estimate of drug-likeness (QED) is 0.822. The van der Waals surface area contributed by atoms with E-state index in [1.807, 2.05) is 13.0 Å². The van der Waals surface area contributed by atoms with E-state index in [1.165, 1.54) is 0 Å². The molecule has 0 bridgehead atoms. The van der Waals surface area contributed by atoms with E-state index in [0.717, 1.165) is 11.1 Å². The van der Waals surface area contributed by atoms with E-state index in [2.05, 4.69) is 10.3 Å². The van der Waals surface area contributed by atoms with Crippen LogP contribution < -0.4 is 5.32 Å². The molecule has 0 fully saturated rings. The lowest BCUT2D eigenvalue weighted by atomic mass is 9.85. The van der Waals surface area contributed by atoms with Gasteiger partial charge in [0.05, 0.1) is 6.42 Å². The van der Waals surface area contributed by atoms with Crippen LogP contribution in [0.2, 0.25) is 0 Å². The number of carboxylic acid groups (broad SMARTS) is 1. The Hall–Kier alpha value is -1.91. The summed E-state index contributed by atoms with van der Waals surface area (Å²) in [6.07, 6.45) is 3.61. The molecule has 0 aliphatic heterocycles. The molecule has 19 heavy (non-hydrogen) atoms. The Morgan fingerprint density at radius 2 is 2.05 bits per heavy atom. The summed E-state index contributed by atoms with van der Waals surface area (Å²) in [6.45, 7) is 5.93. The van der Waals surface area contributed by atoms with Gasteiger partial charge >= 0.3 is 5.97 Å². The van der Waals surface area contributed by atoms with Gasteiger partial charge in [-0.3, -0.25) is 14.6 Å². The molecule has 1 amide bonds. The molecule has 1 aromatic heterocycles. The van der Waals surface area contributed by atoms with Gasteiger partial charge in [0.25, 0.3) is 0 Å². The van der Waals surface area contributed by atoms with E-state index >= 15 is 0 Å². The van der Waals surface area contributed by atoms with Crippen LogP contribution in [0.5, 0.6) is 0 Å². The van der Waals surface area contributed by atoms with Gasteiger partial charge < -0.3 is 10.4 Å². The minimum atomic E-state index is -0.886. The molecule has 0 spiro atoms. The number of amides is 1. The van der Waals surface area contributed by atoms with Gasteiger partial charge in [-0.2, -0.15) is 0 Å². The van der Waals surface area contributed by atoms with Crippen molar-refractivity contribution in [1.82, 2.24) is 10.3 Å². The fourth-order valence-electron chi connectivity index (χ4n) is 1.86. The zero-order valence-corrected chi connectivity index (χ0v) is 11.6. The van der Waals surface area contributed by atoms with Crippen LogP contribution in [0, 0.1) is 12.3 Å². The zero-order chi connectivity index (χ0) is 14.5. The number of hydrogen-bond donors (Lipinski definition) is 2. The average molecular weight is 264 g/mol. The van der Waals surface area contributed by atoms with Crippen molar-refractivity contribution in [2.75, 3.05) is 0 Å². The van der Waals surface area contributed by atoms with Crippen molar-refractivity contribution >= 4 is 11.9 Å². The Morgan fingerprint density at radius 1 is 1.37 bits per heavy atom. The first-order chi connectivity index (χ1) is 8.80. The number of carbonyl (C=O) groups excluding carboxylic acids is 1. The molecule has 104 valence electrons. The molecule has 1 rings (SSSR count). The summed E-state index contributed by atoms with van der Waals surface area (Å²) in [5.74, 6) is -1.02. The fraction of sp³-hybridized carbons (Fsp3) is 0.500. The fourth-order valence-corrected chi connectivity index (χ4v) is 1.86. The maximum Gasteiger partial charge on any atom is 0.303 e. The number of rotatable bonds is 6. The maximum atomic E-state index is 11.8. The summed E-state index contributed by atoms with van der Waals surface area (Å²) in [5, 5.41) is 11.6. The lowest BCUT2D eigenvalue weighted by Gasteiger charge is -2.21. The standard InChI is InChI=1S/C14H20N2O3/c1-10-8-15-5-4-11(10)9-16-12(17)6-14(2,3)7-13(18)19/h4-5,8H,6-7,9H2,1-3H3,(H,16,17)(H,18,19). The normalized spacial score (nSPS) is 11.1. The van der Waals surface area contributed by atoms with Crippen LogP contribution >= 0.6 is 0 Å². The molecule has 5 nitrogen and oxygen atoms in total. The van der Waals surface area contributed by atoms with Crippen LogP contribution in [0.1, 0.15) is 37.8 Å². The van der Waals surface area contributed by atoms with Crippen molar-refractivity contribution in [3.8, 4) is 0 Å². The van der Waals surface area contributed by atoms with E-state index in [9.17, 15) is 9.59 Å². The number of aliphatic carboxylic acids is 1. The molecule has 0 atom stereocenters. The van der Waals surface area contributed by atoms with Gasteiger partial charge in [0.1, 0.15) is 0 Å². The van der Waals surface area contributed by atoms with E-state index in [4.69, 9.17) is 5.11 Å².